The van der Waals surface area contributed by atoms with Gasteiger partial charge in [-0.15, -0.1) is 0 Å². The molecule has 0 aromatic heterocycles. The number of hydrogen-bond acceptors (Lipinski definition) is 12. The first-order valence-electron chi connectivity index (χ1n) is 7.96. The summed E-state index contributed by atoms with van der Waals surface area (Å²) in [5, 5.41) is 68.7. The summed E-state index contributed by atoms with van der Waals surface area (Å²) in [4.78, 5) is 10.8. The Balaban J connectivity index is 2.03. The van der Waals surface area contributed by atoms with Gasteiger partial charge in [0.1, 0.15) is 55.4 Å². The Morgan fingerprint density at radius 3 is 2.08 bits per heavy atom. The lowest BCUT2D eigenvalue weighted by molar-refractivity contribution is -0.361. The quantitative estimate of drug-likeness (QED) is 0.224. The smallest absolute Gasteiger partial charge is 0.302 e. The number of hydrogen-bond donors (Lipinski definition) is 7. The number of aliphatic hydroxyl groups excluding tert-OH is 7. The lowest BCUT2D eigenvalue weighted by Crippen LogP contribution is -2.64. The Morgan fingerprint density at radius 1 is 0.885 bits per heavy atom. The SMILES string of the molecule is CC(=O)OC[C@H]1O[C@@H](O)[C@H](O[C@H]2O[C@H](CO)[C@@H](O)[C@H](O)[C@H]2O)[C@@H](O)[C@H]1O. The van der Waals surface area contributed by atoms with Crippen LogP contribution in [0, 0.1) is 0 Å². The van der Waals surface area contributed by atoms with Crippen LogP contribution >= 0.6 is 0 Å². The first-order chi connectivity index (χ1) is 12.2. The lowest BCUT2D eigenvalue weighted by Gasteiger charge is -2.45. The van der Waals surface area contributed by atoms with Crippen molar-refractivity contribution in [1.29, 1.82) is 0 Å². The zero-order chi connectivity index (χ0) is 19.6. The van der Waals surface area contributed by atoms with Crippen molar-refractivity contribution in [3.05, 3.63) is 0 Å². The summed E-state index contributed by atoms with van der Waals surface area (Å²) in [7, 11) is 0. The van der Waals surface area contributed by atoms with E-state index in [-0.39, 0.29) is 0 Å². The van der Waals surface area contributed by atoms with E-state index in [0.717, 1.165) is 6.92 Å². The molecule has 2 fully saturated rings. The minimum Gasteiger partial charge on any atom is -0.463 e. The van der Waals surface area contributed by atoms with Crippen LogP contribution in [0.4, 0.5) is 0 Å². The van der Waals surface area contributed by atoms with E-state index in [1.165, 1.54) is 0 Å². The van der Waals surface area contributed by atoms with Gasteiger partial charge >= 0.3 is 5.97 Å². The van der Waals surface area contributed by atoms with Crippen molar-refractivity contribution in [2.75, 3.05) is 13.2 Å². The average Bonchev–Trinajstić information content (AvgIpc) is 2.60. The van der Waals surface area contributed by atoms with Gasteiger partial charge in [-0.2, -0.15) is 0 Å². The molecule has 0 aromatic carbocycles. The number of aliphatic hydroxyl groups is 7. The first-order valence-corrected chi connectivity index (χ1v) is 7.96. The Morgan fingerprint density at radius 2 is 1.50 bits per heavy atom. The van der Waals surface area contributed by atoms with Gasteiger partial charge < -0.3 is 54.7 Å². The number of carbonyl (C=O) groups is 1. The molecule has 12 heteroatoms. The summed E-state index contributed by atoms with van der Waals surface area (Å²) >= 11 is 0. The fraction of sp³-hybridized carbons (Fsp3) is 0.929. The van der Waals surface area contributed by atoms with E-state index < -0.39 is 80.6 Å². The van der Waals surface area contributed by atoms with Gasteiger partial charge in [0.15, 0.2) is 12.6 Å². The van der Waals surface area contributed by atoms with Crippen LogP contribution in [0.2, 0.25) is 0 Å². The molecule has 12 nitrogen and oxygen atoms in total. The molecule has 0 saturated carbocycles. The van der Waals surface area contributed by atoms with Crippen LogP contribution < -0.4 is 0 Å². The molecule has 152 valence electrons. The van der Waals surface area contributed by atoms with Gasteiger partial charge in [0.25, 0.3) is 0 Å². The second kappa shape index (κ2) is 8.84. The van der Waals surface area contributed by atoms with Gasteiger partial charge in [0, 0.05) is 6.92 Å². The normalized spacial score (nSPS) is 46.8. The highest BCUT2D eigenvalue weighted by Gasteiger charge is 2.50. The van der Waals surface area contributed by atoms with E-state index in [0.29, 0.717) is 0 Å². The van der Waals surface area contributed by atoms with Crippen LogP contribution in [-0.4, -0.2) is 116 Å². The minimum atomic E-state index is -1.79. The third-order valence-corrected chi connectivity index (χ3v) is 4.25. The number of ether oxygens (including phenoxy) is 4. The average molecular weight is 384 g/mol. The van der Waals surface area contributed by atoms with Crippen molar-refractivity contribution in [3.63, 3.8) is 0 Å². The minimum absolute atomic E-state index is 0.419. The van der Waals surface area contributed by atoms with E-state index in [2.05, 4.69) is 4.74 Å². The van der Waals surface area contributed by atoms with Crippen molar-refractivity contribution < 1.29 is 59.5 Å². The number of carbonyl (C=O) groups excluding carboxylic acids is 1. The topological polar surface area (TPSA) is 196 Å². The van der Waals surface area contributed by atoms with E-state index >= 15 is 0 Å². The molecule has 2 aliphatic heterocycles. The van der Waals surface area contributed by atoms with E-state index in [9.17, 15) is 35.4 Å². The molecule has 0 aromatic rings. The van der Waals surface area contributed by atoms with Crippen molar-refractivity contribution in [3.8, 4) is 0 Å². The summed E-state index contributed by atoms with van der Waals surface area (Å²) in [6.45, 7) is 0.0225. The van der Waals surface area contributed by atoms with E-state index in [1.54, 1.807) is 0 Å². The molecule has 0 spiro atoms. The maximum atomic E-state index is 10.8. The van der Waals surface area contributed by atoms with Crippen LogP contribution in [-0.2, 0) is 23.7 Å². The summed E-state index contributed by atoms with van der Waals surface area (Å²) in [5.41, 5.74) is 0. The Bertz CT molecular complexity index is 473. The van der Waals surface area contributed by atoms with Crippen LogP contribution in [0.3, 0.4) is 0 Å². The third kappa shape index (κ3) is 4.48. The summed E-state index contributed by atoms with van der Waals surface area (Å²) in [6, 6.07) is 0. The van der Waals surface area contributed by atoms with Crippen molar-refractivity contribution >= 4 is 5.97 Å². The highest BCUT2D eigenvalue weighted by Crippen LogP contribution is 2.28. The summed E-state index contributed by atoms with van der Waals surface area (Å²) in [5.74, 6) is -0.649. The number of rotatable bonds is 5. The van der Waals surface area contributed by atoms with Gasteiger partial charge in [-0.3, -0.25) is 4.79 Å². The zero-order valence-corrected chi connectivity index (χ0v) is 13.9. The Kier molecular flexibility index (Phi) is 7.27. The molecular formula is C14H24O12. The second-order valence-corrected chi connectivity index (χ2v) is 6.15. The van der Waals surface area contributed by atoms with Crippen molar-refractivity contribution in [2.45, 2.75) is 68.3 Å². The van der Waals surface area contributed by atoms with Crippen molar-refractivity contribution in [2.24, 2.45) is 0 Å². The van der Waals surface area contributed by atoms with Crippen LogP contribution in [0.25, 0.3) is 0 Å². The fourth-order valence-electron chi connectivity index (χ4n) is 2.74. The first kappa shape index (κ1) is 21.4. The monoisotopic (exact) mass is 384 g/mol. The highest BCUT2D eigenvalue weighted by molar-refractivity contribution is 5.65. The van der Waals surface area contributed by atoms with Crippen LogP contribution in [0.15, 0.2) is 0 Å². The molecule has 7 N–H and O–H groups in total. The maximum Gasteiger partial charge on any atom is 0.302 e. The van der Waals surface area contributed by atoms with Gasteiger partial charge in [-0.1, -0.05) is 0 Å². The molecule has 0 radical (unpaired) electrons. The Hall–Kier alpha value is -0.930. The zero-order valence-electron chi connectivity index (χ0n) is 13.9. The molecule has 26 heavy (non-hydrogen) atoms. The van der Waals surface area contributed by atoms with E-state index in [4.69, 9.17) is 19.3 Å². The van der Waals surface area contributed by atoms with Gasteiger partial charge in [0.2, 0.25) is 0 Å². The standard InChI is InChI=1S/C14H24O12/c1-4(16)23-3-6-8(18)10(20)12(13(22)24-6)26-14-11(21)9(19)7(17)5(2-15)25-14/h5-15,17-22H,2-3H2,1H3/t5-,6-,7-,8+,9+,10+,11-,12-,13-,14-/m1/s1. The lowest BCUT2D eigenvalue weighted by atomic mass is 9.97. The molecule has 2 saturated heterocycles. The second-order valence-electron chi connectivity index (χ2n) is 6.15. The van der Waals surface area contributed by atoms with E-state index in [1.807, 2.05) is 0 Å². The van der Waals surface area contributed by atoms with Gasteiger partial charge in [-0.05, 0) is 0 Å². The highest BCUT2D eigenvalue weighted by atomic mass is 16.7. The molecule has 2 rings (SSSR count). The molecular weight excluding hydrogens is 360 g/mol. The van der Waals surface area contributed by atoms with Gasteiger partial charge in [-0.25, -0.2) is 0 Å². The summed E-state index contributed by atoms with van der Waals surface area (Å²) < 4.78 is 20.0. The molecule has 10 atom stereocenters. The predicted octanol–water partition coefficient (Wildman–Crippen LogP) is -4.83. The molecule has 2 aliphatic rings. The largest absolute Gasteiger partial charge is 0.463 e. The number of esters is 1. The van der Waals surface area contributed by atoms with Gasteiger partial charge in [0.05, 0.1) is 6.61 Å². The Labute approximate surface area is 148 Å². The maximum absolute atomic E-state index is 10.8. The molecule has 0 amide bonds. The summed E-state index contributed by atoms with van der Waals surface area (Å²) in [6.07, 6.45) is -15.9. The molecule has 0 aliphatic carbocycles. The molecule has 0 bridgehead atoms. The van der Waals surface area contributed by atoms with Crippen LogP contribution in [0.5, 0.6) is 0 Å². The van der Waals surface area contributed by atoms with Crippen LogP contribution in [0.1, 0.15) is 6.92 Å². The predicted molar refractivity (Wildman–Crippen MR) is 78.2 cm³/mol. The van der Waals surface area contributed by atoms with Crippen molar-refractivity contribution in [1.82, 2.24) is 0 Å². The molecule has 0 unspecified atom stereocenters. The fourth-order valence-corrected chi connectivity index (χ4v) is 2.74. The third-order valence-electron chi connectivity index (χ3n) is 4.25. The molecule has 2 heterocycles.